The molecule has 0 saturated carbocycles. The molecule has 13 nitrogen and oxygen atoms in total. The van der Waals surface area contributed by atoms with Crippen LogP contribution in [0.15, 0.2) is 41.2 Å². The van der Waals surface area contributed by atoms with Crippen molar-refractivity contribution in [2.45, 2.75) is 32.0 Å². The molecule has 1 saturated heterocycles. The van der Waals surface area contributed by atoms with Crippen molar-refractivity contribution in [3.8, 4) is 17.7 Å². The van der Waals surface area contributed by atoms with E-state index >= 15 is 0 Å². The van der Waals surface area contributed by atoms with Gasteiger partial charge in [0.15, 0.2) is 5.75 Å². The monoisotopic (exact) mass is 538 g/mol. The number of rotatable bonds is 6. The Morgan fingerprint density at radius 2 is 1.72 bits per heavy atom. The average molecular weight is 539 g/mol. The lowest BCUT2D eigenvalue weighted by molar-refractivity contribution is -0.123. The lowest BCUT2D eigenvalue weighted by Gasteiger charge is -2.32. The molecule has 2 aromatic heterocycles. The van der Waals surface area contributed by atoms with E-state index in [0.29, 0.717) is 49.5 Å². The molecule has 13 heteroatoms. The summed E-state index contributed by atoms with van der Waals surface area (Å²) in [5.41, 5.74) is 2.19. The van der Waals surface area contributed by atoms with Crippen molar-refractivity contribution < 1.29 is 29.3 Å². The van der Waals surface area contributed by atoms with E-state index < -0.39 is 0 Å². The average Bonchev–Trinajstić information content (AvgIpc) is 2.96. The zero-order chi connectivity index (χ0) is 28.0. The van der Waals surface area contributed by atoms with Crippen LogP contribution in [-0.2, 0) is 22.7 Å². The third-order valence-electron chi connectivity index (χ3n) is 6.28. The fourth-order valence-corrected chi connectivity index (χ4v) is 4.42. The largest absolute Gasteiger partial charge is 0.484 e. The van der Waals surface area contributed by atoms with Gasteiger partial charge in [-0.25, -0.2) is 0 Å². The van der Waals surface area contributed by atoms with Gasteiger partial charge in [-0.1, -0.05) is 6.07 Å². The summed E-state index contributed by atoms with van der Waals surface area (Å²) in [6.07, 6.45) is 2.06. The number of hydrogen-bond donors (Lipinski definition) is 3. The van der Waals surface area contributed by atoms with Gasteiger partial charge in [0.2, 0.25) is 0 Å². The van der Waals surface area contributed by atoms with E-state index in [2.05, 4.69) is 26.5 Å². The Morgan fingerprint density at radius 3 is 2.44 bits per heavy atom. The number of carbonyl (C=O) groups is 2. The molecule has 0 amide bonds. The number of nitrogens with zero attached hydrogens (tertiary/aromatic N) is 5. The number of fused-ring (bicyclic) bond motifs is 2. The Morgan fingerprint density at radius 1 is 1.03 bits per heavy atom. The lowest BCUT2D eigenvalue weighted by atomic mass is 10.0. The predicted octanol–water partition coefficient (Wildman–Crippen LogP) is 1.09. The highest BCUT2D eigenvalue weighted by molar-refractivity contribution is 5.80. The number of benzene rings is 1. The van der Waals surface area contributed by atoms with Gasteiger partial charge in [-0.15, -0.1) is 5.10 Å². The van der Waals surface area contributed by atoms with Gasteiger partial charge in [0.05, 0.1) is 22.8 Å². The van der Waals surface area contributed by atoms with Crippen LogP contribution in [0.3, 0.4) is 0 Å². The second-order valence-electron chi connectivity index (χ2n) is 8.62. The molecule has 1 aromatic carbocycles. The summed E-state index contributed by atoms with van der Waals surface area (Å²) >= 11 is 0. The van der Waals surface area contributed by atoms with E-state index in [1.165, 1.54) is 0 Å². The summed E-state index contributed by atoms with van der Waals surface area (Å²) in [5, 5.41) is 35.9. The maximum Gasteiger partial charge on any atom is 0.290 e. The van der Waals surface area contributed by atoms with Crippen molar-refractivity contribution in [2.75, 3.05) is 32.8 Å². The minimum Gasteiger partial charge on any atom is -0.484 e. The first-order chi connectivity index (χ1) is 19.0. The number of hydrogen-bond acceptors (Lipinski definition) is 10. The summed E-state index contributed by atoms with van der Waals surface area (Å²) < 4.78 is 12.8. The van der Waals surface area contributed by atoms with Crippen LogP contribution in [0.25, 0.3) is 10.9 Å². The second kappa shape index (κ2) is 15.0. The molecule has 1 fully saturated rings. The number of likely N-dealkylation sites (tertiary alicyclic amines) is 1. The maximum atomic E-state index is 12.5. The van der Waals surface area contributed by atoms with Gasteiger partial charge >= 0.3 is 0 Å². The topological polar surface area (TPSA) is 180 Å². The van der Waals surface area contributed by atoms with E-state index in [0.717, 1.165) is 49.1 Å². The predicted molar refractivity (Wildman–Crippen MR) is 140 cm³/mol. The second-order valence-corrected chi connectivity index (χ2v) is 8.62. The van der Waals surface area contributed by atoms with Crippen molar-refractivity contribution in [3.05, 3.63) is 58.0 Å². The minimum absolute atomic E-state index is 0.0327. The normalized spacial score (nSPS) is 14.6. The molecular formula is C26H30N6O7. The Balaban J connectivity index is 0.000000643. The quantitative estimate of drug-likeness (QED) is 0.381. The summed E-state index contributed by atoms with van der Waals surface area (Å²) in [6, 6.07) is 13.4. The van der Waals surface area contributed by atoms with Crippen LogP contribution in [0.1, 0.15) is 24.1 Å². The molecule has 2 aliphatic heterocycles. The van der Waals surface area contributed by atoms with Crippen molar-refractivity contribution in [1.29, 1.82) is 5.26 Å². The fourth-order valence-electron chi connectivity index (χ4n) is 4.42. The minimum atomic E-state index is -0.250. The van der Waals surface area contributed by atoms with Crippen LogP contribution in [0.5, 0.6) is 11.6 Å². The smallest absolute Gasteiger partial charge is 0.290 e. The molecule has 4 heterocycles. The molecule has 5 rings (SSSR count). The fraction of sp³-hybridized carbons (Fsp3) is 0.385. The first-order valence-corrected chi connectivity index (χ1v) is 12.3. The van der Waals surface area contributed by atoms with Crippen molar-refractivity contribution in [1.82, 2.24) is 25.0 Å². The number of pyridine rings is 1. The lowest BCUT2D eigenvalue weighted by Crippen LogP contribution is -2.43. The van der Waals surface area contributed by atoms with Crippen LogP contribution in [0, 0.1) is 11.3 Å². The highest BCUT2D eigenvalue weighted by atomic mass is 16.6. The summed E-state index contributed by atoms with van der Waals surface area (Å²) in [4.78, 5) is 31.6. The number of piperidine rings is 1. The summed E-state index contributed by atoms with van der Waals surface area (Å²) in [7, 11) is 0. The molecule has 0 spiro atoms. The third kappa shape index (κ3) is 8.22. The maximum absolute atomic E-state index is 12.5. The first-order valence-electron chi connectivity index (χ1n) is 12.3. The van der Waals surface area contributed by atoms with Gasteiger partial charge in [0.1, 0.15) is 13.2 Å². The zero-order valence-corrected chi connectivity index (χ0v) is 21.2. The van der Waals surface area contributed by atoms with Crippen LogP contribution in [0.4, 0.5) is 0 Å². The molecule has 0 unspecified atom stereocenters. The molecule has 206 valence electrons. The number of aromatic nitrogens is 3. The molecule has 39 heavy (non-hydrogen) atoms. The van der Waals surface area contributed by atoms with Crippen LogP contribution in [0.2, 0.25) is 0 Å². The van der Waals surface area contributed by atoms with Crippen LogP contribution in [-0.4, -0.2) is 81.7 Å². The van der Waals surface area contributed by atoms with Crippen LogP contribution >= 0.6 is 0 Å². The van der Waals surface area contributed by atoms with E-state index in [4.69, 9.17) is 29.3 Å². The number of nitriles is 1. The van der Waals surface area contributed by atoms with E-state index in [1.54, 1.807) is 22.8 Å². The molecule has 0 bridgehead atoms. The van der Waals surface area contributed by atoms with Crippen molar-refractivity contribution in [2.24, 2.45) is 0 Å². The van der Waals surface area contributed by atoms with E-state index in [1.807, 2.05) is 18.2 Å². The SMILES string of the molecule is N#Cc1ccc2ccc(=O)n(CCN3CCC(NCc4cc5c(nn4)OCCO5)CC3)c2c1.O=CO.O=CO. The molecule has 3 N–H and O–H groups in total. The summed E-state index contributed by atoms with van der Waals surface area (Å²) in [6.45, 7) is 4.52. The van der Waals surface area contributed by atoms with E-state index in [9.17, 15) is 10.1 Å². The summed E-state index contributed by atoms with van der Waals surface area (Å²) in [5.74, 6) is 1.13. The van der Waals surface area contributed by atoms with E-state index in [-0.39, 0.29) is 18.5 Å². The number of nitrogens with one attached hydrogen (secondary N) is 1. The molecule has 0 radical (unpaired) electrons. The standard InChI is InChI=1S/C24H26N6O3.2CH2O2/c25-15-17-1-2-18-3-4-23(31)30(21(18)13-17)10-9-29-7-5-19(6-8-29)26-16-20-14-22-24(28-27-20)33-12-11-32-22;2*2-1-3/h1-4,13-14,19,26H,5-12,16H2;2*1H,(H,2,3). The number of carboxylic acid groups (broad SMARTS) is 2. The van der Waals surface area contributed by atoms with Gasteiger partial charge in [-0.3, -0.25) is 14.4 Å². The highest BCUT2D eigenvalue weighted by Gasteiger charge is 2.20. The Bertz CT molecular complexity index is 1340. The molecular weight excluding hydrogens is 508 g/mol. The van der Waals surface area contributed by atoms with Crippen LogP contribution < -0.4 is 20.3 Å². The van der Waals surface area contributed by atoms with Gasteiger partial charge in [-0.2, -0.15) is 10.4 Å². The Kier molecular flexibility index (Phi) is 11.2. The number of ether oxygens (including phenoxy) is 2. The van der Waals surface area contributed by atoms with Gasteiger partial charge in [0, 0.05) is 37.8 Å². The van der Waals surface area contributed by atoms with Crippen molar-refractivity contribution >= 4 is 23.8 Å². The zero-order valence-electron chi connectivity index (χ0n) is 21.2. The van der Waals surface area contributed by atoms with Crippen molar-refractivity contribution in [3.63, 3.8) is 0 Å². The Hall–Kier alpha value is -4.54. The third-order valence-corrected chi connectivity index (χ3v) is 6.28. The highest BCUT2D eigenvalue weighted by Crippen LogP contribution is 2.26. The van der Waals surface area contributed by atoms with Gasteiger partial charge < -0.3 is 34.5 Å². The Labute approximate surface area is 224 Å². The van der Waals surface area contributed by atoms with Gasteiger partial charge in [-0.05, 0) is 49.5 Å². The first kappa shape index (κ1) is 29.0. The molecule has 0 atom stereocenters. The molecule has 0 aliphatic carbocycles. The molecule has 3 aromatic rings. The molecule has 2 aliphatic rings. The van der Waals surface area contributed by atoms with Gasteiger partial charge in [0.25, 0.3) is 24.4 Å².